The van der Waals surface area contributed by atoms with Crippen molar-refractivity contribution in [2.24, 2.45) is 0 Å². The Morgan fingerprint density at radius 3 is 2.62 bits per heavy atom. The Kier molecular flexibility index (Phi) is 6.28. The number of aliphatic hydroxyl groups is 1. The number of imidazole rings is 1. The van der Waals surface area contributed by atoms with Gasteiger partial charge >= 0.3 is 0 Å². The molecule has 1 aromatic heterocycles. The summed E-state index contributed by atoms with van der Waals surface area (Å²) >= 11 is 5.96. The number of hydrogen-bond donors (Lipinski definition) is 1. The molecule has 1 fully saturated rings. The molecule has 1 aliphatic rings. The number of amides is 1. The molecule has 3 aromatic rings. The molecule has 2 aromatic carbocycles. The molecule has 32 heavy (non-hydrogen) atoms. The zero-order valence-electron chi connectivity index (χ0n) is 17.4. The lowest BCUT2D eigenvalue weighted by Gasteiger charge is -2.25. The molecule has 1 amide bonds. The number of ether oxygens (including phenoxy) is 1. The average Bonchev–Trinajstić information content (AvgIpc) is 3.41. The Hall–Kier alpha value is -3.58. The van der Waals surface area contributed by atoms with E-state index in [2.05, 4.69) is 4.98 Å². The molecule has 1 atom stereocenters. The summed E-state index contributed by atoms with van der Waals surface area (Å²) in [6.07, 6.45) is 5.85. The zero-order valence-corrected chi connectivity index (χ0v) is 18.2. The van der Waals surface area contributed by atoms with E-state index in [1.807, 2.05) is 16.8 Å². The van der Waals surface area contributed by atoms with Gasteiger partial charge in [0.2, 0.25) is 0 Å². The smallest absolute Gasteiger partial charge is 0.295 e. The van der Waals surface area contributed by atoms with Crippen molar-refractivity contribution in [2.45, 2.75) is 19.0 Å². The molecule has 0 radical (unpaired) electrons. The lowest BCUT2D eigenvalue weighted by molar-refractivity contribution is -0.139. The zero-order chi connectivity index (χ0) is 22.7. The lowest BCUT2D eigenvalue weighted by Crippen LogP contribution is -2.31. The van der Waals surface area contributed by atoms with Gasteiger partial charge in [-0.2, -0.15) is 0 Å². The molecule has 164 valence electrons. The van der Waals surface area contributed by atoms with Gasteiger partial charge in [-0.1, -0.05) is 23.7 Å². The van der Waals surface area contributed by atoms with Crippen molar-refractivity contribution in [3.63, 3.8) is 0 Å². The molecule has 4 rings (SSSR count). The molecular formula is C24H22ClN3O4. The highest BCUT2D eigenvalue weighted by atomic mass is 35.5. The van der Waals surface area contributed by atoms with E-state index in [0.29, 0.717) is 41.4 Å². The number of benzene rings is 2. The number of ketones is 1. The van der Waals surface area contributed by atoms with E-state index in [1.54, 1.807) is 62.1 Å². The van der Waals surface area contributed by atoms with E-state index < -0.39 is 17.7 Å². The standard InChI is InChI=1S/C24H22ClN3O4/c1-32-19-5-2-4-17(14-19)21-20(22(29)16-6-8-18(25)9-7-16)23(30)24(31)28(21)12-3-11-27-13-10-26-15-27/h2,4-10,13-15,21,29H,3,11-12H2,1H3/b22-20-. The summed E-state index contributed by atoms with van der Waals surface area (Å²) < 4.78 is 7.24. The number of carbonyl (C=O) groups excluding carboxylic acids is 2. The summed E-state index contributed by atoms with van der Waals surface area (Å²) in [4.78, 5) is 31.6. The van der Waals surface area contributed by atoms with Crippen molar-refractivity contribution in [1.82, 2.24) is 14.5 Å². The molecule has 8 heteroatoms. The van der Waals surface area contributed by atoms with Crippen LogP contribution in [0.1, 0.15) is 23.6 Å². The third-order valence-corrected chi connectivity index (χ3v) is 5.69. The maximum Gasteiger partial charge on any atom is 0.295 e. The van der Waals surface area contributed by atoms with Gasteiger partial charge in [-0.15, -0.1) is 0 Å². The average molecular weight is 452 g/mol. The number of rotatable bonds is 7. The van der Waals surface area contributed by atoms with Crippen LogP contribution in [0.4, 0.5) is 0 Å². The van der Waals surface area contributed by atoms with Gasteiger partial charge < -0.3 is 19.3 Å². The van der Waals surface area contributed by atoms with Crippen LogP contribution in [0.25, 0.3) is 5.76 Å². The highest BCUT2D eigenvalue weighted by Gasteiger charge is 2.45. The predicted molar refractivity (Wildman–Crippen MR) is 120 cm³/mol. The van der Waals surface area contributed by atoms with Crippen LogP contribution < -0.4 is 4.74 Å². The molecule has 0 spiro atoms. The number of likely N-dealkylation sites (tertiary alicyclic amines) is 1. The highest BCUT2D eigenvalue weighted by Crippen LogP contribution is 2.40. The van der Waals surface area contributed by atoms with Gasteiger partial charge in [0.15, 0.2) is 0 Å². The van der Waals surface area contributed by atoms with Crippen LogP contribution in [0, 0.1) is 0 Å². The van der Waals surface area contributed by atoms with Gasteiger partial charge in [0.05, 0.1) is 25.1 Å². The second kappa shape index (κ2) is 9.28. The number of nitrogens with zero attached hydrogens (tertiary/aromatic N) is 3. The summed E-state index contributed by atoms with van der Waals surface area (Å²) in [5.41, 5.74) is 1.15. The summed E-state index contributed by atoms with van der Waals surface area (Å²) in [6, 6.07) is 12.9. The summed E-state index contributed by atoms with van der Waals surface area (Å²) in [5.74, 6) is -0.991. The van der Waals surface area contributed by atoms with Crippen molar-refractivity contribution in [1.29, 1.82) is 0 Å². The van der Waals surface area contributed by atoms with Gasteiger partial charge in [-0.3, -0.25) is 9.59 Å². The molecule has 1 N–H and O–H groups in total. The second-order valence-electron chi connectivity index (χ2n) is 7.43. The first-order valence-corrected chi connectivity index (χ1v) is 10.5. The topological polar surface area (TPSA) is 84.7 Å². The number of aliphatic hydroxyl groups excluding tert-OH is 1. The van der Waals surface area contributed by atoms with Gasteiger partial charge in [0.25, 0.3) is 11.7 Å². The number of Topliss-reactive ketones (excluding diaryl/α,β-unsaturated/α-hetero) is 1. The number of methoxy groups -OCH3 is 1. The number of carbonyl (C=O) groups is 2. The minimum absolute atomic E-state index is 0.0493. The largest absolute Gasteiger partial charge is 0.507 e. The minimum Gasteiger partial charge on any atom is -0.507 e. The van der Waals surface area contributed by atoms with Gasteiger partial charge in [0, 0.05) is 36.1 Å². The molecule has 1 aliphatic heterocycles. The molecular weight excluding hydrogens is 430 g/mol. The minimum atomic E-state index is -0.733. The molecule has 1 unspecified atom stereocenters. The van der Waals surface area contributed by atoms with E-state index in [4.69, 9.17) is 16.3 Å². The van der Waals surface area contributed by atoms with Gasteiger partial charge in [-0.25, -0.2) is 4.98 Å². The number of aryl methyl sites for hydroxylation is 1. The lowest BCUT2D eigenvalue weighted by atomic mass is 9.95. The molecule has 0 saturated carbocycles. The summed E-state index contributed by atoms with van der Waals surface area (Å²) in [6.45, 7) is 0.979. The van der Waals surface area contributed by atoms with E-state index in [0.717, 1.165) is 0 Å². The van der Waals surface area contributed by atoms with Crippen LogP contribution in [0.5, 0.6) is 5.75 Å². The Morgan fingerprint density at radius 2 is 1.94 bits per heavy atom. The van der Waals surface area contributed by atoms with Crippen molar-refractivity contribution in [3.8, 4) is 5.75 Å². The first kappa shape index (κ1) is 21.6. The van der Waals surface area contributed by atoms with Gasteiger partial charge in [0.1, 0.15) is 11.5 Å². The number of halogens is 1. The maximum absolute atomic E-state index is 13.0. The SMILES string of the molecule is COc1cccc(C2/C(=C(/O)c3ccc(Cl)cc3)C(=O)C(=O)N2CCCn2ccnc2)c1. The molecule has 2 heterocycles. The highest BCUT2D eigenvalue weighted by molar-refractivity contribution is 6.46. The normalized spacial score (nSPS) is 17.7. The third-order valence-electron chi connectivity index (χ3n) is 5.44. The molecule has 0 bridgehead atoms. The number of hydrogen-bond acceptors (Lipinski definition) is 5. The Bertz CT molecular complexity index is 1160. The van der Waals surface area contributed by atoms with E-state index in [1.165, 1.54) is 4.90 Å². The quantitative estimate of drug-likeness (QED) is 0.332. The molecule has 7 nitrogen and oxygen atoms in total. The fraction of sp³-hybridized carbons (Fsp3) is 0.208. The monoisotopic (exact) mass is 451 g/mol. The van der Waals surface area contributed by atoms with Crippen molar-refractivity contribution < 1.29 is 19.4 Å². The van der Waals surface area contributed by atoms with Crippen LogP contribution >= 0.6 is 11.6 Å². The number of aromatic nitrogens is 2. The van der Waals surface area contributed by atoms with E-state index in [9.17, 15) is 14.7 Å². The van der Waals surface area contributed by atoms with Crippen LogP contribution in [0.15, 0.2) is 72.8 Å². The van der Waals surface area contributed by atoms with Crippen molar-refractivity contribution in [2.75, 3.05) is 13.7 Å². The van der Waals surface area contributed by atoms with E-state index >= 15 is 0 Å². The first-order chi connectivity index (χ1) is 15.5. The van der Waals surface area contributed by atoms with E-state index in [-0.39, 0.29) is 11.3 Å². The molecule has 1 saturated heterocycles. The Labute approximate surface area is 190 Å². The predicted octanol–water partition coefficient (Wildman–Crippen LogP) is 4.06. The maximum atomic E-state index is 13.0. The van der Waals surface area contributed by atoms with Crippen LogP contribution in [0.3, 0.4) is 0 Å². The van der Waals surface area contributed by atoms with Crippen LogP contribution in [-0.4, -0.2) is 44.9 Å². The van der Waals surface area contributed by atoms with Crippen molar-refractivity contribution >= 4 is 29.1 Å². The fourth-order valence-corrected chi connectivity index (χ4v) is 4.00. The van der Waals surface area contributed by atoms with Crippen LogP contribution in [0.2, 0.25) is 5.02 Å². The summed E-state index contributed by atoms with van der Waals surface area (Å²) in [5, 5.41) is 11.5. The second-order valence-corrected chi connectivity index (χ2v) is 7.87. The fourth-order valence-electron chi connectivity index (χ4n) is 3.87. The Balaban J connectivity index is 1.74. The van der Waals surface area contributed by atoms with Gasteiger partial charge in [-0.05, 0) is 48.4 Å². The van der Waals surface area contributed by atoms with Crippen molar-refractivity contribution in [3.05, 3.63) is 89.0 Å². The molecule has 0 aliphatic carbocycles. The first-order valence-electron chi connectivity index (χ1n) is 10.1. The summed E-state index contributed by atoms with van der Waals surface area (Å²) in [7, 11) is 1.55. The third kappa shape index (κ3) is 4.24. The Morgan fingerprint density at radius 1 is 1.16 bits per heavy atom. The van der Waals surface area contributed by atoms with Crippen LogP contribution in [-0.2, 0) is 16.1 Å².